The highest BCUT2D eigenvalue weighted by molar-refractivity contribution is 5.83. The normalized spacial score (nSPS) is 26.2. The summed E-state index contributed by atoms with van der Waals surface area (Å²) in [6.07, 6.45) is 6.86. The number of amides is 1. The van der Waals surface area contributed by atoms with Gasteiger partial charge in [-0.25, -0.2) is 0 Å². The Morgan fingerprint density at radius 1 is 1.29 bits per heavy atom. The van der Waals surface area contributed by atoms with E-state index in [2.05, 4.69) is 11.2 Å². The van der Waals surface area contributed by atoms with Crippen molar-refractivity contribution < 1.29 is 9.53 Å². The molecule has 1 aromatic heterocycles. The average Bonchev–Trinajstić information content (AvgIpc) is 3.24. The Morgan fingerprint density at radius 2 is 2.17 bits per heavy atom. The second kappa shape index (κ2) is 6.30. The van der Waals surface area contributed by atoms with Crippen molar-refractivity contribution in [2.24, 2.45) is 5.92 Å². The molecule has 1 saturated carbocycles. The molecule has 0 N–H and O–H groups in total. The van der Waals surface area contributed by atoms with Gasteiger partial charge in [0, 0.05) is 31.4 Å². The molecule has 0 bridgehead atoms. The molecule has 4 rings (SSSR count). The van der Waals surface area contributed by atoms with E-state index in [-0.39, 0.29) is 5.92 Å². The van der Waals surface area contributed by atoms with Crippen LogP contribution >= 0.6 is 0 Å². The predicted molar refractivity (Wildman–Crippen MR) is 90.9 cm³/mol. The fourth-order valence-electron chi connectivity index (χ4n) is 3.89. The van der Waals surface area contributed by atoms with Crippen LogP contribution in [0.25, 0.3) is 0 Å². The van der Waals surface area contributed by atoms with Crippen molar-refractivity contribution in [1.29, 1.82) is 0 Å². The highest BCUT2D eigenvalue weighted by Gasteiger charge is 2.47. The van der Waals surface area contributed by atoms with Crippen LogP contribution in [0.3, 0.4) is 0 Å². The predicted octanol–water partition coefficient (Wildman–Crippen LogP) is 2.86. The largest absolute Gasteiger partial charge is 0.496 e. The molecule has 2 aliphatic rings. The number of aromatic nitrogens is 2. The van der Waals surface area contributed by atoms with E-state index in [4.69, 9.17) is 4.74 Å². The zero-order chi connectivity index (χ0) is 16.5. The molecule has 1 aliphatic carbocycles. The molecule has 126 valence electrons. The van der Waals surface area contributed by atoms with E-state index < -0.39 is 0 Å². The molecule has 24 heavy (non-hydrogen) atoms. The molecule has 2 fully saturated rings. The van der Waals surface area contributed by atoms with Crippen LogP contribution in [0.5, 0.6) is 5.75 Å². The van der Waals surface area contributed by atoms with Gasteiger partial charge in [0.15, 0.2) is 0 Å². The van der Waals surface area contributed by atoms with E-state index in [1.54, 1.807) is 13.3 Å². The Kier molecular flexibility index (Phi) is 4.00. The van der Waals surface area contributed by atoms with E-state index in [1.807, 2.05) is 40.0 Å². The van der Waals surface area contributed by atoms with Gasteiger partial charge in [-0.2, -0.15) is 5.10 Å². The van der Waals surface area contributed by atoms with Crippen LogP contribution < -0.4 is 4.74 Å². The lowest BCUT2D eigenvalue weighted by Gasteiger charge is -2.33. The summed E-state index contributed by atoms with van der Waals surface area (Å²) in [4.78, 5) is 15.0. The number of methoxy groups -OCH3 is 1. The molecular weight excluding hydrogens is 302 g/mol. The van der Waals surface area contributed by atoms with Crippen molar-refractivity contribution in [1.82, 2.24) is 14.7 Å². The number of benzene rings is 1. The average molecular weight is 325 g/mol. The Hall–Kier alpha value is -2.30. The molecule has 5 nitrogen and oxygen atoms in total. The number of likely N-dealkylation sites (tertiary alicyclic amines) is 1. The fourth-order valence-corrected chi connectivity index (χ4v) is 3.89. The van der Waals surface area contributed by atoms with Crippen molar-refractivity contribution in [3.8, 4) is 5.75 Å². The standard InChI is InChI=1S/C19H23N3O2/c1-24-18-8-3-2-7-15(18)16-12-17(16)19(23)21-10-4-6-14(13-21)22-11-5-9-20-22/h2-3,5,7-9,11,14,16-17H,4,6,10,12-13H2,1H3/t14-,16-,17-/m0/s1. The van der Waals surface area contributed by atoms with Crippen LogP contribution in [0.1, 0.15) is 36.8 Å². The third kappa shape index (κ3) is 2.79. The first-order valence-electron chi connectivity index (χ1n) is 8.68. The van der Waals surface area contributed by atoms with Crippen LogP contribution in [0.2, 0.25) is 0 Å². The number of rotatable bonds is 4. The number of piperidine rings is 1. The minimum Gasteiger partial charge on any atom is -0.496 e. The molecule has 0 radical (unpaired) electrons. The van der Waals surface area contributed by atoms with Crippen molar-refractivity contribution >= 4 is 5.91 Å². The second-order valence-corrected chi connectivity index (χ2v) is 6.76. The minimum absolute atomic E-state index is 0.109. The van der Waals surface area contributed by atoms with E-state index in [0.717, 1.165) is 38.1 Å². The van der Waals surface area contributed by atoms with E-state index >= 15 is 0 Å². The number of hydrogen-bond donors (Lipinski definition) is 0. The number of hydrogen-bond acceptors (Lipinski definition) is 3. The Bertz CT molecular complexity index is 713. The van der Waals surface area contributed by atoms with Gasteiger partial charge in [0.2, 0.25) is 5.91 Å². The number of carbonyl (C=O) groups is 1. The lowest BCUT2D eigenvalue weighted by molar-refractivity contribution is -0.134. The first kappa shape index (κ1) is 15.2. The number of ether oxygens (including phenoxy) is 1. The summed E-state index contributed by atoms with van der Waals surface area (Å²) in [5.41, 5.74) is 1.17. The second-order valence-electron chi connectivity index (χ2n) is 6.76. The molecule has 0 spiro atoms. The lowest BCUT2D eigenvalue weighted by atomic mass is 10.0. The summed E-state index contributed by atoms with van der Waals surface area (Å²) in [6.45, 7) is 1.64. The highest BCUT2D eigenvalue weighted by atomic mass is 16.5. The van der Waals surface area contributed by atoms with Crippen molar-refractivity contribution in [3.63, 3.8) is 0 Å². The first-order chi connectivity index (χ1) is 11.8. The quantitative estimate of drug-likeness (QED) is 0.868. The van der Waals surface area contributed by atoms with Gasteiger partial charge in [-0.3, -0.25) is 9.48 Å². The lowest BCUT2D eigenvalue weighted by Crippen LogP contribution is -2.41. The first-order valence-corrected chi connectivity index (χ1v) is 8.68. The van der Waals surface area contributed by atoms with Gasteiger partial charge in [-0.05, 0) is 42.9 Å². The maximum Gasteiger partial charge on any atom is 0.226 e. The van der Waals surface area contributed by atoms with Crippen LogP contribution in [0.15, 0.2) is 42.7 Å². The molecule has 1 aromatic carbocycles. The zero-order valence-electron chi connectivity index (χ0n) is 14.0. The minimum atomic E-state index is 0.109. The molecule has 5 heteroatoms. The van der Waals surface area contributed by atoms with Gasteiger partial charge in [-0.15, -0.1) is 0 Å². The van der Waals surface area contributed by atoms with Crippen LogP contribution in [-0.2, 0) is 4.79 Å². The summed E-state index contributed by atoms with van der Waals surface area (Å²) in [5.74, 6) is 1.60. The topological polar surface area (TPSA) is 47.4 Å². The van der Waals surface area contributed by atoms with Crippen LogP contribution in [0, 0.1) is 5.92 Å². The Labute approximate surface area is 142 Å². The fraction of sp³-hybridized carbons (Fsp3) is 0.474. The Balaban J connectivity index is 1.43. The van der Waals surface area contributed by atoms with E-state index in [9.17, 15) is 4.79 Å². The molecule has 2 heterocycles. The summed E-state index contributed by atoms with van der Waals surface area (Å²) in [5, 5.41) is 4.34. The molecule has 2 aromatic rings. The number of nitrogens with zero attached hydrogens (tertiary/aromatic N) is 3. The van der Waals surface area contributed by atoms with Crippen molar-refractivity contribution in [2.45, 2.75) is 31.2 Å². The molecule has 0 unspecified atom stereocenters. The van der Waals surface area contributed by atoms with Crippen molar-refractivity contribution in [3.05, 3.63) is 48.3 Å². The van der Waals surface area contributed by atoms with Gasteiger partial charge in [0.05, 0.1) is 13.2 Å². The van der Waals surface area contributed by atoms with Crippen molar-refractivity contribution in [2.75, 3.05) is 20.2 Å². The summed E-state index contributed by atoms with van der Waals surface area (Å²) < 4.78 is 7.44. The number of para-hydroxylation sites is 1. The van der Waals surface area contributed by atoms with Gasteiger partial charge < -0.3 is 9.64 Å². The van der Waals surface area contributed by atoms with Gasteiger partial charge in [0.25, 0.3) is 0 Å². The number of carbonyl (C=O) groups excluding carboxylic acids is 1. The van der Waals surface area contributed by atoms with Crippen LogP contribution in [0.4, 0.5) is 0 Å². The van der Waals surface area contributed by atoms with Gasteiger partial charge in [0.1, 0.15) is 5.75 Å². The molecular formula is C19H23N3O2. The Morgan fingerprint density at radius 3 is 2.96 bits per heavy atom. The maximum atomic E-state index is 12.9. The third-order valence-corrected chi connectivity index (χ3v) is 5.25. The summed E-state index contributed by atoms with van der Waals surface area (Å²) in [7, 11) is 1.69. The maximum absolute atomic E-state index is 12.9. The smallest absolute Gasteiger partial charge is 0.226 e. The molecule has 1 amide bonds. The van der Waals surface area contributed by atoms with Gasteiger partial charge >= 0.3 is 0 Å². The monoisotopic (exact) mass is 325 g/mol. The third-order valence-electron chi connectivity index (χ3n) is 5.25. The molecule has 3 atom stereocenters. The van der Waals surface area contributed by atoms with Crippen LogP contribution in [-0.4, -0.2) is 40.8 Å². The summed E-state index contributed by atoms with van der Waals surface area (Å²) >= 11 is 0. The molecule has 1 saturated heterocycles. The zero-order valence-corrected chi connectivity index (χ0v) is 14.0. The van der Waals surface area contributed by atoms with E-state index in [1.165, 1.54) is 5.56 Å². The highest BCUT2D eigenvalue weighted by Crippen LogP contribution is 2.51. The SMILES string of the molecule is COc1ccccc1[C@@H]1C[C@@H]1C(=O)N1CCC[C@H](n2cccn2)C1. The summed E-state index contributed by atoms with van der Waals surface area (Å²) in [6, 6.07) is 10.3. The molecule has 1 aliphatic heterocycles. The van der Waals surface area contributed by atoms with E-state index in [0.29, 0.717) is 17.9 Å². The van der Waals surface area contributed by atoms with Gasteiger partial charge in [-0.1, -0.05) is 18.2 Å².